The van der Waals surface area contributed by atoms with E-state index in [2.05, 4.69) is 20.8 Å². The molecule has 78 heavy (non-hydrogen) atoms. The van der Waals surface area contributed by atoms with Crippen molar-refractivity contribution in [3.8, 4) is 28.7 Å². The van der Waals surface area contributed by atoms with Crippen LogP contribution in [0.1, 0.15) is 148 Å². The van der Waals surface area contributed by atoms with Gasteiger partial charge in [-0.05, 0) is 132 Å². The van der Waals surface area contributed by atoms with Crippen molar-refractivity contribution in [2.75, 3.05) is 33.0 Å². The number of nitrogens with two attached hydrogens (primary N) is 1. The van der Waals surface area contributed by atoms with E-state index in [1.54, 1.807) is 80.6 Å². The third-order valence-corrected chi connectivity index (χ3v) is 10.7. The molecular formula is C63H79NO14. The van der Waals surface area contributed by atoms with Gasteiger partial charge in [-0.25, -0.2) is 19.2 Å². The second-order valence-corrected chi connectivity index (χ2v) is 16.7. The summed E-state index contributed by atoms with van der Waals surface area (Å²) >= 11 is 0. The van der Waals surface area contributed by atoms with Crippen LogP contribution in [-0.4, -0.2) is 83.2 Å². The summed E-state index contributed by atoms with van der Waals surface area (Å²) in [7, 11) is 0. The second-order valence-electron chi connectivity index (χ2n) is 16.7. The van der Waals surface area contributed by atoms with E-state index in [1.165, 1.54) is 24.3 Å². The van der Waals surface area contributed by atoms with Gasteiger partial charge >= 0.3 is 23.9 Å². The molecule has 5 rings (SSSR count). The zero-order chi connectivity index (χ0) is 58.1. The van der Waals surface area contributed by atoms with Crippen LogP contribution in [0, 0.1) is 20.8 Å². The first kappa shape index (κ1) is 67.4. The normalized spacial score (nSPS) is 10.5. The van der Waals surface area contributed by atoms with Gasteiger partial charge in [0.1, 0.15) is 55.2 Å². The molecule has 0 atom stereocenters. The number of benzene rings is 5. The summed E-state index contributed by atoms with van der Waals surface area (Å²) in [5.74, 6) is -0.849. The lowest BCUT2D eigenvalue weighted by atomic mass is 10.1. The third kappa shape index (κ3) is 27.8. The molecule has 0 aliphatic carbocycles. The topological polar surface area (TPSA) is 238 Å². The van der Waals surface area contributed by atoms with Crippen molar-refractivity contribution in [2.45, 2.75) is 100 Å². The van der Waals surface area contributed by atoms with E-state index in [0.717, 1.165) is 50.5 Å². The van der Waals surface area contributed by atoms with E-state index in [-0.39, 0.29) is 16.7 Å². The van der Waals surface area contributed by atoms with E-state index in [9.17, 15) is 24.0 Å². The highest BCUT2D eigenvalue weighted by molar-refractivity contribution is 5.95. The van der Waals surface area contributed by atoms with Gasteiger partial charge in [0.25, 0.3) is 0 Å². The molecule has 0 heterocycles. The minimum Gasteiger partial charge on any atom is -0.493 e. The van der Waals surface area contributed by atoms with Gasteiger partial charge in [-0.1, -0.05) is 120 Å². The molecule has 0 bridgehead atoms. The van der Waals surface area contributed by atoms with Crippen molar-refractivity contribution in [1.82, 2.24) is 0 Å². The summed E-state index contributed by atoms with van der Waals surface area (Å²) in [6.45, 7) is 18.3. The summed E-state index contributed by atoms with van der Waals surface area (Å²) < 4.78 is 27.3. The first-order valence-corrected chi connectivity index (χ1v) is 25.9. The van der Waals surface area contributed by atoms with Crippen LogP contribution in [0.2, 0.25) is 0 Å². The minimum atomic E-state index is -0.940. The highest BCUT2D eigenvalue weighted by Crippen LogP contribution is 2.24. The molecule has 0 aromatic heterocycles. The van der Waals surface area contributed by atoms with Gasteiger partial charge in [0, 0.05) is 22.3 Å². The Morgan fingerprint density at radius 3 is 1.19 bits per heavy atom. The number of carbonyl (C=O) groups excluding carboxylic acids is 1. The Morgan fingerprint density at radius 2 is 0.795 bits per heavy atom. The molecule has 0 unspecified atom stereocenters. The van der Waals surface area contributed by atoms with Crippen molar-refractivity contribution >= 4 is 29.8 Å². The summed E-state index contributed by atoms with van der Waals surface area (Å²) in [6, 6.07) is 28.3. The van der Waals surface area contributed by atoms with Crippen molar-refractivity contribution in [1.29, 1.82) is 0 Å². The van der Waals surface area contributed by atoms with Gasteiger partial charge in [0.2, 0.25) is 5.91 Å². The molecular weight excluding hydrogens is 995 g/mol. The number of primary amides is 1. The molecule has 0 aliphatic heterocycles. The Morgan fingerprint density at radius 1 is 0.410 bits per heavy atom. The number of allylic oxidation sites excluding steroid dienone is 4. The number of ether oxygens (including phenoxy) is 5. The number of aromatic carboxylic acids is 4. The molecule has 0 fully saturated rings. The van der Waals surface area contributed by atoms with Crippen molar-refractivity contribution in [3.05, 3.63) is 196 Å². The Balaban J connectivity index is 0.000000488. The second kappa shape index (κ2) is 40.7. The maximum Gasteiger partial charge on any atom is 0.336 e. The zero-order valence-electron chi connectivity index (χ0n) is 46.4. The molecule has 0 aliphatic rings. The van der Waals surface area contributed by atoms with Gasteiger partial charge in [-0.3, -0.25) is 4.79 Å². The van der Waals surface area contributed by atoms with Crippen LogP contribution in [-0.2, 0) is 0 Å². The number of carboxylic acids is 4. The van der Waals surface area contributed by atoms with Crippen LogP contribution in [0.25, 0.3) is 0 Å². The number of carbonyl (C=O) groups is 5. The van der Waals surface area contributed by atoms with Crippen LogP contribution < -0.4 is 29.4 Å². The molecule has 6 N–H and O–H groups in total. The summed E-state index contributed by atoms with van der Waals surface area (Å²) in [5.41, 5.74) is 9.04. The molecule has 0 saturated carbocycles. The predicted octanol–water partition coefficient (Wildman–Crippen LogP) is 14.2. The first-order chi connectivity index (χ1) is 37.5. The molecule has 5 aromatic rings. The van der Waals surface area contributed by atoms with E-state index in [0.29, 0.717) is 84.0 Å². The fraction of sp³-hybridized carbons (Fsp3) is 0.317. The van der Waals surface area contributed by atoms with Crippen LogP contribution >= 0.6 is 0 Å². The first-order valence-electron chi connectivity index (χ1n) is 25.9. The molecule has 15 nitrogen and oxygen atoms in total. The van der Waals surface area contributed by atoms with E-state index in [4.69, 9.17) is 49.8 Å². The molecule has 420 valence electrons. The fourth-order valence-electron chi connectivity index (χ4n) is 6.49. The van der Waals surface area contributed by atoms with Crippen molar-refractivity contribution in [2.24, 2.45) is 5.73 Å². The SMILES string of the molecule is CC/C=C\COc1ccc(C(=O)O)cc1.CC/C=C\COc1cccc(C(=O)O)c1.CC/C=C\COc1cccc(C(=O)O)c1C.CC/C=C\COc1cccc(C(N)=O)c1C.CCCCCOc1cccc(C(=O)O)c1C. The number of hydrogen-bond donors (Lipinski definition) is 5. The Hall–Kier alpha value is -8.59. The highest BCUT2D eigenvalue weighted by atomic mass is 16.5. The van der Waals surface area contributed by atoms with Gasteiger partial charge in [-0.2, -0.15) is 0 Å². The number of unbranched alkanes of at least 4 members (excludes halogenated alkanes) is 2. The maximum atomic E-state index is 11.1. The number of carboxylic acid groups (broad SMARTS) is 4. The summed E-state index contributed by atoms with van der Waals surface area (Å²) in [6.07, 6.45) is 23.0. The summed E-state index contributed by atoms with van der Waals surface area (Å²) in [4.78, 5) is 54.1. The van der Waals surface area contributed by atoms with Crippen LogP contribution in [0.5, 0.6) is 28.7 Å². The molecule has 0 radical (unpaired) electrons. The molecule has 15 heteroatoms. The molecule has 0 spiro atoms. The quantitative estimate of drug-likeness (QED) is 0.0256. The van der Waals surface area contributed by atoms with Gasteiger partial charge in [0.15, 0.2) is 0 Å². The zero-order valence-corrected chi connectivity index (χ0v) is 46.4. The van der Waals surface area contributed by atoms with Crippen LogP contribution in [0.4, 0.5) is 0 Å². The lowest BCUT2D eigenvalue weighted by Crippen LogP contribution is -2.13. The average molecular weight is 1070 g/mol. The van der Waals surface area contributed by atoms with E-state index < -0.39 is 29.8 Å². The lowest BCUT2D eigenvalue weighted by molar-refractivity contribution is 0.0684. The molecule has 5 aromatic carbocycles. The Kier molecular flexibility index (Phi) is 35.2. The third-order valence-electron chi connectivity index (χ3n) is 10.7. The number of hydrogen-bond acceptors (Lipinski definition) is 10. The summed E-state index contributed by atoms with van der Waals surface area (Å²) in [5, 5.41) is 35.3. The smallest absolute Gasteiger partial charge is 0.336 e. The van der Waals surface area contributed by atoms with E-state index in [1.807, 2.05) is 81.5 Å². The van der Waals surface area contributed by atoms with Gasteiger partial charge in [-0.15, -0.1) is 0 Å². The highest BCUT2D eigenvalue weighted by Gasteiger charge is 2.12. The Bertz CT molecular complexity index is 2630. The Labute approximate surface area is 460 Å². The minimum absolute atomic E-state index is 0.243. The predicted molar refractivity (Wildman–Crippen MR) is 308 cm³/mol. The van der Waals surface area contributed by atoms with Crippen molar-refractivity contribution < 1.29 is 68.1 Å². The number of rotatable bonds is 26. The maximum absolute atomic E-state index is 11.1. The van der Waals surface area contributed by atoms with E-state index >= 15 is 0 Å². The van der Waals surface area contributed by atoms with Gasteiger partial charge in [0.05, 0.1) is 28.9 Å². The van der Waals surface area contributed by atoms with Crippen molar-refractivity contribution in [3.63, 3.8) is 0 Å². The lowest BCUT2D eigenvalue weighted by Gasteiger charge is -2.10. The largest absolute Gasteiger partial charge is 0.493 e. The monoisotopic (exact) mass is 1070 g/mol. The molecule has 1 amide bonds. The number of amides is 1. The standard InChI is InChI=1S/C13H17NO2.C13H18O3.C13H16O3.2C12H14O3/c3*1-3-4-5-9-16-12-8-6-7-11(10(12)2)13(14)15;1-2-3-4-9-15-11-7-5-10(6-8-11)12(13)14;1-2-3-4-8-15-11-7-5-6-10(9-11)12(13)14/h4-8H,3,9H2,1-2H3,(H2,14,15);6-8H,3-5,9H2,1-2H3,(H,14,15);4-8H,3,9H2,1-2H3,(H,14,15);3-8H,2,9H2,1H3,(H,13,14);3-7,9H,2,8H2,1H3,(H,13,14)/b5-4-;;5-4-;2*4-3-. The fourth-order valence-corrected chi connectivity index (χ4v) is 6.49. The van der Waals surface area contributed by atoms with Crippen LogP contribution in [0.15, 0.2) is 152 Å². The molecule has 0 saturated heterocycles. The average Bonchev–Trinajstić information content (AvgIpc) is 3.43. The van der Waals surface area contributed by atoms with Crippen LogP contribution in [0.3, 0.4) is 0 Å². The van der Waals surface area contributed by atoms with Gasteiger partial charge < -0.3 is 49.8 Å².